The number of benzene rings is 6. The van der Waals surface area contributed by atoms with Crippen LogP contribution in [0.1, 0.15) is 75.3 Å². The van der Waals surface area contributed by atoms with Gasteiger partial charge in [-0.25, -0.2) is 17.6 Å². The zero-order chi connectivity index (χ0) is 47.0. The predicted octanol–water partition coefficient (Wildman–Crippen LogP) is 14.4. The standard InChI is InChI=1S/C52H44F8N2O4/c53-43-41(44(54)48(58)51(47(43)57)65-29-9-5-1-3-7-27-63-39-23-19-37(20-24-39)35-15-11-33(31-61)12-16-35)42-45(55)49(59)52(50(60)46(42)56)66-30-10-6-2-4-8-28-64-40-25-21-38(22-26-40)36-17-13-34(32-62)14-18-36/h11-26H,1-10,27-30H2. The molecule has 0 heterocycles. The van der Waals surface area contributed by atoms with Gasteiger partial charge >= 0.3 is 0 Å². The molecule has 342 valence electrons. The molecule has 0 atom stereocenters. The quantitative estimate of drug-likeness (QED) is 0.0362. The minimum atomic E-state index is -2.30. The second kappa shape index (κ2) is 23.7. The van der Waals surface area contributed by atoms with Crippen LogP contribution in [-0.2, 0) is 0 Å². The zero-order valence-electron chi connectivity index (χ0n) is 35.7. The molecular weight excluding hydrogens is 869 g/mol. The first-order valence-corrected chi connectivity index (χ1v) is 21.5. The van der Waals surface area contributed by atoms with Gasteiger partial charge in [0.25, 0.3) is 0 Å². The van der Waals surface area contributed by atoms with E-state index in [1.165, 1.54) is 0 Å². The van der Waals surface area contributed by atoms with E-state index in [1.807, 2.05) is 72.8 Å². The molecule has 0 aliphatic heterocycles. The molecule has 0 saturated heterocycles. The minimum absolute atomic E-state index is 0.234. The lowest BCUT2D eigenvalue weighted by molar-refractivity contribution is 0.260. The van der Waals surface area contributed by atoms with Gasteiger partial charge in [-0.05, 0) is 96.5 Å². The third-order valence-electron chi connectivity index (χ3n) is 10.7. The average molecular weight is 913 g/mol. The van der Waals surface area contributed by atoms with Gasteiger partial charge < -0.3 is 18.9 Å². The molecule has 6 aromatic rings. The van der Waals surface area contributed by atoms with Gasteiger partial charge in [0, 0.05) is 0 Å². The third kappa shape index (κ3) is 12.2. The second-order valence-electron chi connectivity index (χ2n) is 15.3. The van der Waals surface area contributed by atoms with Crippen LogP contribution in [0.5, 0.6) is 23.0 Å². The molecular formula is C52H44F8N2O4. The largest absolute Gasteiger partial charge is 0.494 e. The van der Waals surface area contributed by atoms with Gasteiger partial charge in [-0.1, -0.05) is 87.1 Å². The fourth-order valence-electron chi connectivity index (χ4n) is 7.07. The molecule has 0 aromatic heterocycles. The lowest BCUT2D eigenvalue weighted by Gasteiger charge is -2.16. The van der Waals surface area contributed by atoms with Crippen molar-refractivity contribution in [3.05, 3.63) is 155 Å². The zero-order valence-corrected chi connectivity index (χ0v) is 35.7. The molecule has 0 aliphatic rings. The van der Waals surface area contributed by atoms with Crippen LogP contribution in [0.25, 0.3) is 33.4 Å². The Morgan fingerprint density at radius 1 is 0.303 bits per heavy atom. The highest BCUT2D eigenvalue weighted by molar-refractivity contribution is 5.70. The van der Waals surface area contributed by atoms with Gasteiger partial charge in [-0.2, -0.15) is 28.1 Å². The van der Waals surface area contributed by atoms with Crippen LogP contribution in [-0.4, -0.2) is 26.4 Å². The summed E-state index contributed by atoms with van der Waals surface area (Å²) in [6, 6.07) is 33.6. The summed E-state index contributed by atoms with van der Waals surface area (Å²) in [6.45, 7) is 0.136. The number of nitrogens with zero attached hydrogens (tertiary/aromatic N) is 2. The lowest BCUT2D eigenvalue weighted by Crippen LogP contribution is -2.11. The SMILES string of the molecule is N#Cc1ccc(-c2ccc(OCCCCCCCOc3c(F)c(F)c(-c4c(F)c(F)c(OCCCCCCCOc5ccc(-c6ccc(C#N)cc6)cc5)c(F)c4F)c(F)c3F)cc2)cc1. The molecule has 0 aliphatic carbocycles. The first kappa shape index (κ1) is 48.4. The van der Waals surface area contributed by atoms with Gasteiger partial charge in [-0.3, -0.25) is 0 Å². The molecule has 0 saturated carbocycles. The summed E-state index contributed by atoms with van der Waals surface area (Å²) in [5.41, 5.74) is 1.04. The van der Waals surface area contributed by atoms with Crippen molar-refractivity contribution in [1.82, 2.24) is 0 Å². The van der Waals surface area contributed by atoms with Gasteiger partial charge in [0.05, 0.1) is 60.8 Å². The Kier molecular flexibility index (Phi) is 17.4. The molecule has 0 N–H and O–H groups in total. The molecule has 0 bridgehead atoms. The predicted molar refractivity (Wildman–Crippen MR) is 233 cm³/mol. The molecule has 0 amide bonds. The van der Waals surface area contributed by atoms with E-state index in [9.17, 15) is 0 Å². The molecule has 6 rings (SSSR count). The van der Waals surface area contributed by atoms with E-state index >= 15 is 35.1 Å². The van der Waals surface area contributed by atoms with Crippen molar-refractivity contribution in [3.63, 3.8) is 0 Å². The number of rotatable bonds is 23. The van der Waals surface area contributed by atoms with E-state index in [4.69, 9.17) is 29.5 Å². The van der Waals surface area contributed by atoms with Crippen molar-refractivity contribution in [3.8, 4) is 68.5 Å². The number of hydrogen-bond donors (Lipinski definition) is 0. The average Bonchev–Trinajstić information content (AvgIpc) is 3.35. The number of nitriles is 2. The van der Waals surface area contributed by atoms with Crippen LogP contribution >= 0.6 is 0 Å². The monoisotopic (exact) mass is 912 g/mol. The summed E-state index contributed by atoms with van der Waals surface area (Å²) in [5.74, 6) is -19.3. The van der Waals surface area contributed by atoms with E-state index in [1.54, 1.807) is 24.3 Å². The number of unbranched alkanes of at least 4 members (excludes halogenated alkanes) is 8. The Bertz CT molecular complexity index is 2400. The van der Waals surface area contributed by atoms with Crippen molar-refractivity contribution in [2.24, 2.45) is 0 Å². The van der Waals surface area contributed by atoms with Crippen molar-refractivity contribution in [2.75, 3.05) is 26.4 Å². The molecule has 6 nitrogen and oxygen atoms in total. The van der Waals surface area contributed by atoms with Gasteiger partial charge in [0.15, 0.2) is 34.8 Å². The topological polar surface area (TPSA) is 84.5 Å². The fraction of sp³-hybridized carbons (Fsp3) is 0.269. The smallest absolute Gasteiger partial charge is 0.204 e. The molecule has 0 radical (unpaired) electrons. The maximum absolute atomic E-state index is 15.2. The Hall–Kier alpha value is -7.06. The molecule has 0 spiro atoms. The summed E-state index contributed by atoms with van der Waals surface area (Å²) in [7, 11) is 0. The van der Waals surface area contributed by atoms with Gasteiger partial charge in [0.2, 0.25) is 23.3 Å². The van der Waals surface area contributed by atoms with Crippen molar-refractivity contribution in [1.29, 1.82) is 10.5 Å². The highest BCUT2D eigenvalue weighted by atomic mass is 19.2. The van der Waals surface area contributed by atoms with Gasteiger partial charge in [0.1, 0.15) is 11.5 Å². The summed E-state index contributed by atoms with van der Waals surface area (Å²) in [5, 5.41) is 17.9. The van der Waals surface area contributed by atoms with Crippen LogP contribution in [0.15, 0.2) is 97.1 Å². The van der Waals surface area contributed by atoms with E-state index < -0.39 is 69.2 Å². The first-order valence-electron chi connectivity index (χ1n) is 21.5. The normalized spacial score (nSPS) is 10.9. The number of hydrogen-bond acceptors (Lipinski definition) is 6. The van der Waals surface area contributed by atoms with Crippen LogP contribution in [0, 0.1) is 69.2 Å². The minimum Gasteiger partial charge on any atom is -0.494 e. The second-order valence-corrected chi connectivity index (χ2v) is 15.3. The Morgan fingerprint density at radius 2 is 0.545 bits per heavy atom. The fourth-order valence-corrected chi connectivity index (χ4v) is 7.07. The van der Waals surface area contributed by atoms with Gasteiger partial charge in [-0.15, -0.1) is 0 Å². The Morgan fingerprint density at radius 3 is 0.818 bits per heavy atom. The maximum Gasteiger partial charge on any atom is 0.204 e. The molecule has 14 heteroatoms. The maximum atomic E-state index is 15.2. The van der Waals surface area contributed by atoms with Crippen molar-refractivity contribution < 1.29 is 54.1 Å². The van der Waals surface area contributed by atoms with E-state index in [0.717, 1.165) is 35.1 Å². The molecule has 0 fully saturated rings. The lowest BCUT2D eigenvalue weighted by atomic mass is 10.0. The first-order chi connectivity index (χ1) is 32.0. The Labute approximate surface area is 377 Å². The summed E-state index contributed by atoms with van der Waals surface area (Å²) >= 11 is 0. The van der Waals surface area contributed by atoms with E-state index in [2.05, 4.69) is 12.1 Å². The van der Waals surface area contributed by atoms with Crippen LogP contribution in [0.3, 0.4) is 0 Å². The number of ether oxygens (including phenoxy) is 4. The third-order valence-corrected chi connectivity index (χ3v) is 10.7. The van der Waals surface area contributed by atoms with Crippen LogP contribution < -0.4 is 18.9 Å². The van der Waals surface area contributed by atoms with Crippen LogP contribution in [0.4, 0.5) is 35.1 Å². The highest BCUT2D eigenvalue weighted by Crippen LogP contribution is 2.42. The molecule has 0 unspecified atom stereocenters. The van der Waals surface area contributed by atoms with Crippen molar-refractivity contribution >= 4 is 0 Å². The van der Waals surface area contributed by atoms with E-state index in [-0.39, 0.29) is 26.1 Å². The Balaban J connectivity index is 0.900. The summed E-state index contributed by atoms with van der Waals surface area (Å²) in [6.07, 6.45) is 5.70. The van der Waals surface area contributed by atoms with Crippen molar-refractivity contribution in [2.45, 2.75) is 64.2 Å². The summed E-state index contributed by atoms with van der Waals surface area (Å²) in [4.78, 5) is 0. The summed E-state index contributed by atoms with van der Waals surface area (Å²) < 4.78 is 142. The van der Waals surface area contributed by atoms with Crippen LogP contribution in [0.2, 0.25) is 0 Å². The molecule has 6 aromatic carbocycles. The number of halogens is 8. The van der Waals surface area contributed by atoms with E-state index in [0.29, 0.717) is 74.4 Å². The molecule has 66 heavy (non-hydrogen) atoms. The highest BCUT2D eigenvalue weighted by Gasteiger charge is 2.35.